The van der Waals surface area contributed by atoms with Crippen molar-refractivity contribution in [2.45, 2.75) is 10.8 Å². The summed E-state index contributed by atoms with van der Waals surface area (Å²) in [7, 11) is 0. The average Bonchev–Trinajstić information content (AvgIpc) is 2.92. The molecule has 6 heteroatoms. The number of hydrogen-bond donors (Lipinski definition) is 1. The topological polar surface area (TPSA) is 48.7 Å². The van der Waals surface area contributed by atoms with Crippen molar-refractivity contribution in [2.75, 3.05) is 17.6 Å². The van der Waals surface area contributed by atoms with E-state index in [0.29, 0.717) is 12.2 Å². The van der Waals surface area contributed by atoms with Crippen LogP contribution in [0.2, 0.25) is 0 Å². The molecule has 0 aliphatic carbocycles. The van der Waals surface area contributed by atoms with Crippen LogP contribution in [0.15, 0.2) is 34.1 Å². The quantitative estimate of drug-likeness (QED) is 0.651. The summed E-state index contributed by atoms with van der Waals surface area (Å²) in [5.41, 5.74) is 0.636. The fourth-order valence-electron chi connectivity index (χ4n) is 1.52. The lowest BCUT2D eigenvalue weighted by Crippen LogP contribution is -2.05. The second-order valence-electron chi connectivity index (χ2n) is 3.70. The Morgan fingerprint density at radius 2 is 2.37 bits per heavy atom. The first-order chi connectivity index (χ1) is 9.31. The summed E-state index contributed by atoms with van der Waals surface area (Å²) < 4.78 is 14.4. The predicted molar refractivity (Wildman–Crippen MR) is 77.1 cm³/mol. The Morgan fingerprint density at radius 1 is 1.47 bits per heavy atom. The van der Waals surface area contributed by atoms with Gasteiger partial charge in [0.05, 0.1) is 5.69 Å². The van der Waals surface area contributed by atoms with Gasteiger partial charge < -0.3 is 5.32 Å². The first-order valence-electron chi connectivity index (χ1n) is 5.76. The van der Waals surface area contributed by atoms with Crippen LogP contribution in [0.4, 0.5) is 10.1 Å². The first kappa shape index (κ1) is 13.8. The van der Waals surface area contributed by atoms with Crippen molar-refractivity contribution in [3.05, 3.63) is 41.2 Å². The van der Waals surface area contributed by atoms with Gasteiger partial charge in [-0.1, -0.05) is 17.8 Å². The SMILES string of the molecule is N#Cc1c(F)cccc1NCCCSc1nccs1. The number of benzene rings is 1. The lowest BCUT2D eigenvalue weighted by atomic mass is 10.2. The lowest BCUT2D eigenvalue weighted by Gasteiger charge is -2.07. The van der Waals surface area contributed by atoms with Crippen LogP contribution < -0.4 is 5.32 Å². The van der Waals surface area contributed by atoms with Crippen LogP contribution >= 0.6 is 23.1 Å². The Morgan fingerprint density at radius 3 is 3.11 bits per heavy atom. The summed E-state index contributed by atoms with van der Waals surface area (Å²) in [6.07, 6.45) is 2.71. The zero-order valence-corrected chi connectivity index (χ0v) is 11.7. The normalized spacial score (nSPS) is 10.1. The van der Waals surface area contributed by atoms with Gasteiger partial charge in [-0.25, -0.2) is 9.37 Å². The first-order valence-corrected chi connectivity index (χ1v) is 7.62. The maximum Gasteiger partial charge on any atom is 0.149 e. The maximum absolute atomic E-state index is 13.3. The highest BCUT2D eigenvalue weighted by Crippen LogP contribution is 2.21. The third-order valence-electron chi connectivity index (χ3n) is 2.40. The van der Waals surface area contributed by atoms with Crippen molar-refractivity contribution in [3.63, 3.8) is 0 Å². The van der Waals surface area contributed by atoms with Crippen LogP contribution in [-0.4, -0.2) is 17.3 Å². The summed E-state index contributed by atoms with van der Waals surface area (Å²) >= 11 is 3.33. The average molecular weight is 293 g/mol. The standard InChI is InChI=1S/C13H12FN3S2/c14-11-3-1-4-12(10(11)9-15)16-5-2-7-18-13-17-6-8-19-13/h1,3-4,6,8,16H,2,5,7H2. The molecule has 1 N–H and O–H groups in total. The molecule has 3 nitrogen and oxygen atoms in total. The van der Waals surface area contributed by atoms with Crippen molar-refractivity contribution in [1.29, 1.82) is 5.26 Å². The fourth-order valence-corrected chi connectivity index (χ4v) is 3.17. The summed E-state index contributed by atoms with van der Waals surface area (Å²) in [4.78, 5) is 4.18. The molecule has 0 bridgehead atoms. The molecule has 98 valence electrons. The van der Waals surface area contributed by atoms with Crippen molar-refractivity contribution in [1.82, 2.24) is 4.98 Å². The Kier molecular flexibility index (Phi) is 5.19. The maximum atomic E-state index is 13.3. The van der Waals surface area contributed by atoms with E-state index in [1.807, 2.05) is 11.4 Å². The number of rotatable bonds is 6. The van der Waals surface area contributed by atoms with Gasteiger partial charge in [-0.15, -0.1) is 11.3 Å². The summed E-state index contributed by atoms with van der Waals surface area (Å²) in [5, 5.41) is 13.9. The van der Waals surface area contributed by atoms with E-state index in [0.717, 1.165) is 16.5 Å². The number of halogens is 1. The van der Waals surface area contributed by atoms with Gasteiger partial charge in [0.25, 0.3) is 0 Å². The van der Waals surface area contributed by atoms with Crippen LogP contribution in [0.1, 0.15) is 12.0 Å². The van der Waals surface area contributed by atoms with Gasteiger partial charge in [0.1, 0.15) is 21.8 Å². The zero-order valence-electron chi connectivity index (χ0n) is 10.1. The van der Waals surface area contributed by atoms with Crippen molar-refractivity contribution in [3.8, 4) is 6.07 Å². The number of nitrogens with one attached hydrogen (secondary N) is 1. The minimum Gasteiger partial charge on any atom is -0.384 e. The van der Waals surface area contributed by atoms with Gasteiger partial charge in [0, 0.05) is 23.9 Å². The van der Waals surface area contributed by atoms with Gasteiger partial charge in [0.2, 0.25) is 0 Å². The molecule has 0 saturated carbocycles. The number of thiazole rings is 1. The fraction of sp³-hybridized carbons (Fsp3) is 0.231. The van der Waals surface area contributed by atoms with Crippen LogP contribution in [0.25, 0.3) is 0 Å². The van der Waals surface area contributed by atoms with E-state index >= 15 is 0 Å². The smallest absolute Gasteiger partial charge is 0.149 e. The molecule has 0 fully saturated rings. The number of thioether (sulfide) groups is 1. The van der Waals surface area contributed by atoms with Gasteiger partial charge in [-0.2, -0.15) is 5.26 Å². The predicted octanol–water partition coefficient (Wildman–Crippen LogP) is 3.75. The van der Waals surface area contributed by atoms with E-state index in [4.69, 9.17) is 5.26 Å². The van der Waals surface area contributed by atoms with E-state index in [1.165, 1.54) is 6.07 Å². The third-order valence-corrected chi connectivity index (χ3v) is 4.45. The molecule has 1 heterocycles. The Bertz CT molecular complexity index is 564. The molecule has 0 aliphatic rings. The molecule has 1 aromatic heterocycles. The van der Waals surface area contributed by atoms with Crippen LogP contribution in [-0.2, 0) is 0 Å². The van der Waals surface area contributed by atoms with Crippen molar-refractivity contribution < 1.29 is 4.39 Å². The van der Waals surface area contributed by atoms with E-state index in [9.17, 15) is 4.39 Å². The van der Waals surface area contributed by atoms with Crippen LogP contribution in [0.3, 0.4) is 0 Å². The molecular weight excluding hydrogens is 281 g/mol. The van der Waals surface area contributed by atoms with Gasteiger partial charge >= 0.3 is 0 Å². The number of nitrogens with zero attached hydrogens (tertiary/aromatic N) is 2. The van der Waals surface area contributed by atoms with E-state index < -0.39 is 5.82 Å². The highest BCUT2D eigenvalue weighted by Gasteiger charge is 2.06. The number of hydrogen-bond acceptors (Lipinski definition) is 5. The zero-order chi connectivity index (χ0) is 13.5. The molecule has 2 rings (SSSR count). The molecular formula is C13H12FN3S2. The number of aromatic nitrogens is 1. The molecule has 0 radical (unpaired) electrons. The van der Waals surface area contributed by atoms with Gasteiger partial charge in [-0.05, 0) is 18.6 Å². The molecule has 2 aromatic rings. The Labute approximate surface area is 119 Å². The minimum atomic E-state index is -0.482. The van der Waals surface area contributed by atoms with E-state index in [1.54, 1.807) is 41.4 Å². The highest BCUT2D eigenvalue weighted by atomic mass is 32.2. The molecule has 19 heavy (non-hydrogen) atoms. The second-order valence-corrected chi connectivity index (χ2v) is 5.94. The summed E-state index contributed by atoms with van der Waals surface area (Å²) in [5.74, 6) is 0.460. The van der Waals surface area contributed by atoms with Gasteiger partial charge in [0.15, 0.2) is 0 Å². The van der Waals surface area contributed by atoms with Gasteiger partial charge in [-0.3, -0.25) is 0 Å². The lowest BCUT2D eigenvalue weighted by molar-refractivity contribution is 0.624. The number of anilines is 1. The van der Waals surface area contributed by atoms with Crippen molar-refractivity contribution in [2.24, 2.45) is 0 Å². The molecule has 0 amide bonds. The monoisotopic (exact) mass is 293 g/mol. The van der Waals surface area contributed by atoms with Crippen LogP contribution in [0.5, 0.6) is 0 Å². The van der Waals surface area contributed by atoms with Crippen LogP contribution in [0, 0.1) is 17.1 Å². The van der Waals surface area contributed by atoms with Crippen molar-refractivity contribution >= 4 is 28.8 Å². The molecule has 0 saturated heterocycles. The van der Waals surface area contributed by atoms with E-state index in [2.05, 4.69) is 10.3 Å². The molecule has 0 aliphatic heterocycles. The summed E-state index contributed by atoms with van der Waals surface area (Å²) in [6.45, 7) is 0.705. The molecule has 0 spiro atoms. The second kappa shape index (κ2) is 7.12. The number of nitriles is 1. The Hall–Kier alpha value is -1.58. The molecule has 0 atom stereocenters. The minimum absolute atomic E-state index is 0.0788. The van der Waals surface area contributed by atoms with E-state index in [-0.39, 0.29) is 5.56 Å². The molecule has 1 aromatic carbocycles. The summed E-state index contributed by atoms with van der Waals surface area (Å²) in [6, 6.07) is 6.49. The molecule has 0 unspecified atom stereocenters. The third kappa shape index (κ3) is 3.94. The Balaban J connectivity index is 1.77. The highest BCUT2D eigenvalue weighted by molar-refractivity contribution is 8.00. The largest absolute Gasteiger partial charge is 0.384 e.